The zero-order chi connectivity index (χ0) is 85.8. The Labute approximate surface area is 713 Å². The number of aryl methyl sites for hydroxylation is 16. The molecule has 8 N–H and O–H groups in total. The van der Waals surface area contributed by atoms with Crippen LogP contribution in [0.15, 0.2) is 52.4 Å². The van der Waals surface area contributed by atoms with Crippen molar-refractivity contribution >= 4 is 125 Å². The van der Waals surface area contributed by atoms with Gasteiger partial charge in [0.1, 0.15) is 26.5 Å². The number of aromatic nitrogens is 17. The van der Waals surface area contributed by atoms with Crippen molar-refractivity contribution in [3.63, 3.8) is 0 Å². The summed E-state index contributed by atoms with van der Waals surface area (Å²) in [5.41, 5.74) is 27.0. The molecule has 0 radical (unpaired) electrons. The minimum Gasteiger partial charge on any atom is -0.326 e. The van der Waals surface area contributed by atoms with Crippen molar-refractivity contribution in [1.82, 2.24) is 83.4 Å². The van der Waals surface area contributed by atoms with Crippen LogP contribution >= 0.6 is 125 Å². The van der Waals surface area contributed by atoms with Gasteiger partial charge in [0.2, 0.25) is 5.01 Å². The molecule has 0 amide bonds. The number of hydrogen-bond donors (Lipinski definition) is 4. The largest absolute Gasteiger partial charge is 0.444 e. The lowest BCUT2D eigenvalue weighted by Crippen LogP contribution is -2.10. The number of halogens is 9. The van der Waals surface area contributed by atoms with Crippen LogP contribution in [0.25, 0.3) is 0 Å². The smallest absolute Gasteiger partial charge is 0.326 e. The van der Waals surface area contributed by atoms with Gasteiger partial charge in [-0.1, -0.05) is 109 Å². The van der Waals surface area contributed by atoms with Crippen LogP contribution in [-0.2, 0) is 115 Å². The van der Waals surface area contributed by atoms with Gasteiger partial charge in [-0.15, -0.1) is 101 Å². The Bertz CT molecular complexity index is 3950. The Morgan fingerprint density at radius 1 is 0.500 bits per heavy atom. The zero-order valence-electron chi connectivity index (χ0n) is 68.4. The minimum atomic E-state index is -4.40. The lowest BCUT2D eigenvalue weighted by Gasteiger charge is -2.12. The summed E-state index contributed by atoms with van der Waals surface area (Å²) in [7, 11) is 1.91. The van der Waals surface area contributed by atoms with E-state index in [1.165, 1.54) is 74.3 Å². The molecule has 0 atom stereocenters. The Morgan fingerprint density at radius 2 is 1.07 bits per heavy atom. The predicted molar refractivity (Wildman–Crippen MR) is 465 cm³/mol. The predicted octanol–water partition coefficient (Wildman–Crippen LogP) is 22.0. The molecule has 114 heavy (non-hydrogen) atoms. The van der Waals surface area contributed by atoms with Crippen molar-refractivity contribution in [2.24, 2.45) is 30.0 Å². The van der Waals surface area contributed by atoms with E-state index >= 15 is 0 Å². The van der Waals surface area contributed by atoms with Crippen molar-refractivity contribution in [1.29, 1.82) is 0 Å². The molecule has 0 aliphatic rings. The van der Waals surface area contributed by atoms with E-state index in [9.17, 15) is 35.1 Å². The summed E-state index contributed by atoms with van der Waals surface area (Å²) >= 11 is 19.9. The van der Waals surface area contributed by atoms with Gasteiger partial charge in [0.15, 0.2) is 16.0 Å². The van der Waals surface area contributed by atoms with E-state index in [1.807, 2.05) is 88.0 Å². The second-order valence-corrected chi connectivity index (χ2v) is 35.5. The highest BCUT2D eigenvalue weighted by Gasteiger charge is 2.35. The van der Waals surface area contributed by atoms with E-state index in [4.69, 9.17) is 34.5 Å². The summed E-state index contributed by atoms with van der Waals surface area (Å²) in [6.45, 7) is 44.7. The van der Waals surface area contributed by atoms with E-state index in [2.05, 4.69) is 169 Å². The highest BCUT2D eigenvalue weighted by Crippen LogP contribution is 2.32. The summed E-state index contributed by atoms with van der Waals surface area (Å²) in [6.07, 6.45) is 6.38. The molecule has 12 rings (SSSR count). The van der Waals surface area contributed by atoms with E-state index in [-0.39, 0.29) is 30.9 Å². The number of alkyl halides is 8. The van der Waals surface area contributed by atoms with Crippen molar-refractivity contribution in [3.8, 4) is 0 Å². The molecule has 0 saturated carbocycles. The molecule has 0 unspecified atom stereocenters. The number of nitrogens with two attached hydrogens (primary N) is 4. The van der Waals surface area contributed by atoms with Crippen molar-refractivity contribution in [3.05, 3.63) is 179 Å². The van der Waals surface area contributed by atoms with E-state index in [1.54, 1.807) is 81.1 Å². The molecule has 12 heterocycles. The number of hydrogen-bond acceptors (Lipinski definition) is 29. The maximum atomic E-state index is 12.5. The van der Waals surface area contributed by atoms with Gasteiger partial charge in [-0.3, -0.25) is 9.36 Å². The first-order chi connectivity index (χ1) is 53.0. The molecule has 12 aromatic rings. The zero-order valence-corrected chi connectivity index (χ0v) is 77.3. The molecular weight excluding hydrogens is 1690 g/mol. The monoisotopic (exact) mass is 1800 g/mol. The molecule has 0 spiro atoms. The first kappa shape index (κ1) is 108. The fourth-order valence-electron chi connectivity index (χ4n) is 7.29. The summed E-state index contributed by atoms with van der Waals surface area (Å²) in [6, 6.07) is 1.99. The summed E-state index contributed by atoms with van der Waals surface area (Å²) in [5, 5.41) is 31.5. The number of nitrogens with zero attached hydrogens (tertiary/aromatic N) is 17. The van der Waals surface area contributed by atoms with Gasteiger partial charge in [0.05, 0.1) is 65.6 Å². The lowest BCUT2D eigenvalue weighted by molar-refractivity contribution is -0.141. The van der Waals surface area contributed by atoms with Gasteiger partial charge < -0.3 is 22.9 Å². The van der Waals surface area contributed by atoms with Gasteiger partial charge in [0, 0.05) is 117 Å². The SMILES string of the molecule is C.CC(C)c1nc(CN)cs1.CCc1cnc(C)s1.CCc1cnc(Cl)s1.CCc1csc(C)n1.CCc1nc(C(C)(F)F)cs1.CCc1nc(C(F)(F)F)cs1.CCc1nc(C)c(C)s1.CCc1nc(C)ns1.CCc1nnc(C(C)(C)C)s1.CCn1cc(CN)cn1.Cc1cc(CN)nn1C.NCc1nsc(C(F)(F)F)n1. The van der Waals surface area contributed by atoms with Crippen LogP contribution in [0.5, 0.6) is 0 Å². The quantitative estimate of drug-likeness (QED) is 0.0693. The number of rotatable bonds is 15. The van der Waals surface area contributed by atoms with Gasteiger partial charge in [-0.25, -0.2) is 44.9 Å². The summed E-state index contributed by atoms with van der Waals surface area (Å²) in [4.78, 5) is 39.3. The molecule has 21 nitrogen and oxygen atoms in total. The summed E-state index contributed by atoms with van der Waals surface area (Å²) < 4.78 is 108. The molecule has 12 aromatic heterocycles. The molecule has 0 bridgehead atoms. The first-order valence-electron chi connectivity index (χ1n) is 36.0. The van der Waals surface area contributed by atoms with Crippen molar-refractivity contribution in [2.75, 3.05) is 0 Å². The fourth-order valence-corrected chi connectivity index (χ4v) is 14.9. The minimum absolute atomic E-state index is 0. The Kier molecular flexibility index (Phi) is 53.5. The Hall–Kier alpha value is -5.92. The maximum absolute atomic E-state index is 12.5. The maximum Gasteiger partial charge on any atom is 0.444 e. The first-order valence-corrected chi connectivity index (χ1v) is 44.7. The normalized spacial score (nSPS) is 10.7. The third-order valence-corrected chi connectivity index (χ3v) is 24.6. The third-order valence-electron chi connectivity index (χ3n) is 13.8. The van der Waals surface area contributed by atoms with Crippen LogP contribution in [0.3, 0.4) is 0 Å². The summed E-state index contributed by atoms with van der Waals surface area (Å²) in [5.74, 6) is -1.33. The second kappa shape index (κ2) is 56.5. The van der Waals surface area contributed by atoms with Gasteiger partial charge in [-0.2, -0.15) is 54.1 Å². The van der Waals surface area contributed by atoms with Crippen molar-refractivity contribution in [2.45, 2.75) is 267 Å². The molecular formula is C74H114ClF8N21S10. The molecule has 0 aliphatic carbocycles. The van der Waals surface area contributed by atoms with Crippen LogP contribution in [0, 0.1) is 41.5 Å². The highest BCUT2D eigenvalue weighted by molar-refractivity contribution is 7.15. The molecule has 638 valence electrons. The van der Waals surface area contributed by atoms with E-state index in [0.717, 1.165) is 124 Å². The van der Waals surface area contributed by atoms with Crippen LogP contribution < -0.4 is 22.9 Å². The molecule has 0 saturated heterocycles. The van der Waals surface area contributed by atoms with Gasteiger partial charge in [-0.05, 0) is 129 Å². The highest BCUT2D eigenvalue weighted by atomic mass is 35.5. The topological polar surface area (TPSA) is 307 Å². The van der Waals surface area contributed by atoms with Crippen LogP contribution in [0.2, 0.25) is 4.47 Å². The Balaban J connectivity index is 0.00000122. The molecule has 40 heteroatoms. The average molecular weight is 1810 g/mol. The van der Waals surface area contributed by atoms with E-state index in [0.29, 0.717) is 53.0 Å². The lowest BCUT2D eigenvalue weighted by atomic mass is 9.98. The fraction of sp³-hybridized carbons (Fsp3) is 0.554. The Morgan fingerprint density at radius 3 is 1.32 bits per heavy atom. The van der Waals surface area contributed by atoms with Crippen LogP contribution in [0.4, 0.5) is 35.1 Å². The van der Waals surface area contributed by atoms with Crippen molar-refractivity contribution < 1.29 is 35.1 Å². The molecule has 0 aliphatic heterocycles. The van der Waals surface area contributed by atoms with E-state index < -0.39 is 29.0 Å². The third kappa shape index (κ3) is 44.6. The van der Waals surface area contributed by atoms with Crippen LogP contribution in [0.1, 0.15) is 239 Å². The number of thiazole rings is 7. The van der Waals surface area contributed by atoms with Gasteiger partial charge >= 0.3 is 12.4 Å². The van der Waals surface area contributed by atoms with Gasteiger partial charge in [0.25, 0.3) is 5.92 Å². The standard InChI is InChI=1S/C8H14N2S.C7H9F2NS.C7H12N2S.C7H11NS.C6H6F3NS.2C6H11N3.2C6H9NS.C5H6ClNS.C5H8N2S.C4H4F3N3S.CH4/c1-5-6-9-10-7(11-6)8(2,3)4;1-3-6-10-5(4-11-6)7(2,8)9;1-5(2)7-9-6(3-8)4-10-7;1-4-7-8-5(2)6(3)9-7;1-2-5-10-4(3-11-5)6(7,8)9;1-5-3-6(4-7)8-9(5)2;1-2-9-5-6(3-7)4-8-9;1-3-6-4-8-5(2)7-6;1-3-6-4-7-5(2)8-6;1-2-4-3-7-5(6)8-4;1-3-5-6-4(2)7-8-5;5-4(6,7)3-9-2(1-8)10-11-3;/h5H2,1-4H3;4H,3H2,1-2H3;4-5H,3,8H2,1-2H3;4H2,1-3H3;3H,2H2,1H3;3H,4,7H2,1-2H3;4-5H,2-3,7H2,1H3;2*4H,3H2,1-2H3;3H,2H2,1H3;3H2,1-2H3;1,8H2;1H4. The second-order valence-electron chi connectivity index (χ2n) is 24.8. The molecule has 0 fully saturated rings. The van der Waals surface area contributed by atoms with Crippen LogP contribution in [-0.4, -0.2) is 83.4 Å². The average Bonchev–Trinajstić information content (AvgIpc) is 1.73. The molecule has 0 aromatic carbocycles.